The molecule has 2 N–H and O–H groups in total. The molecule has 0 radical (unpaired) electrons. The lowest BCUT2D eigenvalue weighted by molar-refractivity contribution is -0.138. The number of rotatable bonds is 17. The molecule has 5 aromatic rings. The molecular formula is C48H55ClFN3O5. The van der Waals surface area contributed by atoms with Gasteiger partial charge in [0.2, 0.25) is 5.91 Å². The van der Waals surface area contributed by atoms with Gasteiger partial charge in [-0.1, -0.05) is 118 Å². The number of anilines is 1. The van der Waals surface area contributed by atoms with Crippen molar-refractivity contribution in [3.8, 4) is 22.6 Å². The predicted molar refractivity (Wildman–Crippen MR) is 231 cm³/mol. The number of aryl methyl sites for hydroxylation is 1. The van der Waals surface area contributed by atoms with E-state index in [2.05, 4.69) is 61.7 Å². The van der Waals surface area contributed by atoms with Crippen LogP contribution in [-0.2, 0) is 27.3 Å². The molecule has 1 aliphatic rings. The number of para-hydroxylation sites is 1. The molecule has 5 aromatic carbocycles. The molecule has 1 heterocycles. The van der Waals surface area contributed by atoms with Gasteiger partial charge in [-0.3, -0.25) is 9.59 Å². The van der Waals surface area contributed by atoms with E-state index < -0.39 is 23.9 Å². The van der Waals surface area contributed by atoms with Crippen LogP contribution < -0.4 is 25.0 Å². The Kier molecular flexibility index (Phi) is 15.9. The Balaban J connectivity index is 0.00000641. The number of ether oxygens (including phenoxy) is 3. The molecule has 0 fully saturated rings. The summed E-state index contributed by atoms with van der Waals surface area (Å²) >= 11 is 0. The lowest BCUT2D eigenvalue weighted by Gasteiger charge is -2.31. The van der Waals surface area contributed by atoms with Crippen LogP contribution in [0.5, 0.6) is 11.5 Å². The van der Waals surface area contributed by atoms with Gasteiger partial charge in [-0.05, 0) is 78.7 Å². The number of nitrogens with zero attached hydrogens (tertiary/aromatic N) is 1. The number of halogens is 2. The van der Waals surface area contributed by atoms with Gasteiger partial charge in [-0.15, -0.1) is 12.4 Å². The number of benzene rings is 5. The molecule has 58 heavy (non-hydrogen) atoms. The molecule has 306 valence electrons. The molecule has 8 nitrogen and oxygen atoms in total. The zero-order valence-electron chi connectivity index (χ0n) is 33.8. The molecule has 6 rings (SSSR count). The predicted octanol–water partition coefficient (Wildman–Crippen LogP) is 9.49. The van der Waals surface area contributed by atoms with E-state index in [1.54, 1.807) is 30.2 Å². The van der Waals surface area contributed by atoms with Crippen LogP contribution in [0.2, 0.25) is 0 Å². The highest BCUT2D eigenvalue weighted by Crippen LogP contribution is 2.46. The van der Waals surface area contributed by atoms with Gasteiger partial charge in [0, 0.05) is 35.5 Å². The number of carbonyl (C=O) groups excluding carboxylic acids is 2. The zero-order chi connectivity index (χ0) is 40.2. The number of hydrogen-bond acceptors (Lipinski definition) is 6. The quantitative estimate of drug-likeness (QED) is 0.0911. The van der Waals surface area contributed by atoms with Crippen molar-refractivity contribution in [2.75, 3.05) is 38.3 Å². The van der Waals surface area contributed by atoms with Crippen LogP contribution in [0.4, 0.5) is 10.1 Å². The Morgan fingerprint density at radius 3 is 2.26 bits per heavy atom. The summed E-state index contributed by atoms with van der Waals surface area (Å²) in [7, 11) is 1.60. The molecule has 2 atom stereocenters. The summed E-state index contributed by atoms with van der Waals surface area (Å²) in [6.07, 6.45) is 0.647. The summed E-state index contributed by atoms with van der Waals surface area (Å²) in [5, 5.41) is 6.32. The number of hydrogen-bond donors (Lipinski definition) is 2. The van der Waals surface area contributed by atoms with Crippen LogP contribution in [0, 0.1) is 11.2 Å². The van der Waals surface area contributed by atoms with E-state index in [4.69, 9.17) is 14.2 Å². The topological polar surface area (TPSA) is 89.1 Å². The van der Waals surface area contributed by atoms with Gasteiger partial charge in [-0.2, -0.15) is 0 Å². The Morgan fingerprint density at radius 1 is 0.828 bits per heavy atom. The number of amides is 2. The summed E-state index contributed by atoms with van der Waals surface area (Å²) in [4.78, 5) is 29.9. The Bertz CT molecular complexity index is 2090. The van der Waals surface area contributed by atoms with Crippen LogP contribution in [0.25, 0.3) is 11.1 Å². The van der Waals surface area contributed by atoms with Gasteiger partial charge in [0.1, 0.15) is 18.0 Å². The van der Waals surface area contributed by atoms with E-state index in [1.165, 1.54) is 11.6 Å². The van der Waals surface area contributed by atoms with E-state index in [0.29, 0.717) is 41.5 Å². The van der Waals surface area contributed by atoms with E-state index in [0.717, 1.165) is 49.0 Å². The van der Waals surface area contributed by atoms with Crippen molar-refractivity contribution in [1.82, 2.24) is 10.6 Å². The highest BCUT2D eigenvalue weighted by atomic mass is 35.5. The van der Waals surface area contributed by atoms with Crippen molar-refractivity contribution in [2.24, 2.45) is 5.41 Å². The minimum absolute atomic E-state index is 0. The Hall–Kier alpha value is -5.22. The molecule has 0 aromatic heterocycles. The van der Waals surface area contributed by atoms with Crippen molar-refractivity contribution in [2.45, 2.75) is 65.2 Å². The Morgan fingerprint density at radius 2 is 1.53 bits per heavy atom. The first-order chi connectivity index (χ1) is 27.6. The third-order valence-electron chi connectivity index (χ3n) is 9.90. The van der Waals surface area contributed by atoms with Crippen molar-refractivity contribution < 1.29 is 28.2 Å². The molecular weight excluding hydrogens is 753 g/mol. The first kappa shape index (κ1) is 43.9. The molecule has 0 aliphatic carbocycles. The molecule has 10 heteroatoms. The minimum Gasteiger partial charge on any atom is -0.492 e. The molecule has 0 spiro atoms. The highest BCUT2D eigenvalue weighted by Gasteiger charge is 2.40. The maximum absolute atomic E-state index is 14.6. The molecule has 2 unspecified atom stereocenters. The summed E-state index contributed by atoms with van der Waals surface area (Å²) in [5.74, 6) is -0.117. The van der Waals surface area contributed by atoms with Crippen molar-refractivity contribution in [1.29, 1.82) is 0 Å². The molecule has 0 saturated carbocycles. The summed E-state index contributed by atoms with van der Waals surface area (Å²) in [5.41, 5.74) is 5.50. The average molecular weight is 808 g/mol. The number of nitrogens with one attached hydrogen (secondary N) is 2. The fourth-order valence-corrected chi connectivity index (χ4v) is 7.14. The molecule has 0 bridgehead atoms. The number of carbonyl (C=O) groups is 2. The summed E-state index contributed by atoms with van der Waals surface area (Å²) in [6, 6.07) is 38.6. The lowest BCUT2D eigenvalue weighted by Crippen LogP contribution is -2.45. The number of fused-ring (bicyclic) bond motifs is 1. The van der Waals surface area contributed by atoms with Gasteiger partial charge in [0.15, 0.2) is 11.5 Å². The smallest absolute Gasteiger partial charge is 0.256 e. The van der Waals surface area contributed by atoms with Crippen LogP contribution >= 0.6 is 12.4 Å². The fourth-order valence-electron chi connectivity index (χ4n) is 7.14. The van der Waals surface area contributed by atoms with Gasteiger partial charge >= 0.3 is 0 Å². The largest absolute Gasteiger partial charge is 0.492 e. The van der Waals surface area contributed by atoms with Crippen LogP contribution in [0.1, 0.15) is 68.4 Å². The van der Waals surface area contributed by atoms with Gasteiger partial charge in [0.25, 0.3) is 5.91 Å². The standard InChI is InChI=1S/C48H54FN3O5.ClH/c1-48(2,3)33-52-41-26-25-36(35-19-9-6-10-20-35)30-39(41)45(57-43(47(52)54)31-44(53)51-32-37-21-11-12-23-40(37)49)38-22-13-24-42(46(38)55-4)56-29-15-28-50-27-14-18-34-16-7-5-8-17-34;/h5-13,16-17,19-26,30,43,45,50H,14-15,18,27-29,31-33H2,1-4H3,(H,51,53);1H. The third kappa shape index (κ3) is 11.7. The van der Waals surface area contributed by atoms with Gasteiger partial charge < -0.3 is 29.7 Å². The second-order valence-corrected chi connectivity index (χ2v) is 15.6. The van der Waals surface area contributed by atoms with E-state index in [1.807, 2.05) is 66.7 Å². The molecule has 1 aliphatic heterocycles. The molecule has 0 saturated heterocycles. The highest BCUT2D eigenvalue weighted by molar-refractivity contribution is 6.00. The monoisotopic (exact) mass is 807 g/mol. The first-order valence-corrected chi connectivity index (χ1v) is 19.8. The fraction of sp³-hybridized carbons (Fsp3) is 0.333. The van der Waals surface area contributed by atoms with E-state index >= 15 is 0 Å². The maximum atomic E-state index is 14.6. The van der Waals surface area contributed by atoms with Crippen LogP contribution in [0.15, 0.2) is 121 Å². The van der Waals surface area contributed by atoms with Gasteiger partial charge in [0.05, 0.1) is 20.1 Å². The minimum atomic E-state index is -1.16. The molecule has 2 amide bonds. The lowest BCUT2D eigenvalue weighted by atomic mass is 9.92. The van der Waals surface area contributed by atoms with E-state index in [9.17, 15) is 14.0 Å². The Labute approximate surface area is 348 Å². The van der Waals surface area contributed by atoms with Crippen molar-refractivity contribution in [3.05, 3.63) is 149 Å². The normalized spacial score (nSPS) is 15.2. The van der Waals surface area contributed by atoms with E-state index in [-0.39, 0.29) is 36.7 Å². The van der Waals surface area contributed by atoms with Gasteiger partial charge in [-0.25, -0.2) is 4.39 Å². The second-order valence-electron chi connectivity index (χ2n) is 15.6. The first-order valence-electron chi connectivity index (χ1n) is 19.8. The number of methoxy groups -OCH3 is 1. The summed E-state index contributed by atoms with van der Waals surface area (Å²) in [6.45, 7) is 8.78. The van der Waals surface area contributed by atoms with Crippen molar-refractivity contribution >= 4 is 29.9 Å². The zero-order valence-corrected chi connectivity index (χ0v) is 34.7. The average Bonchev–Trinajstić information content (AvgIpc) is 3.32. The summed E-state index contributed by atoms with van der Waals surface area (Å²) < 4.78 is 33.7. The SMILES string of the molecule is COc1c(OCCCNCCCc2ccccc2)cccc1C1OC(CC(=O)NCc2ccccc2F)C(=O)N(CC(C)(C)C)c2ccc(-c3ccccc3)cc21.Cl. The van der Waals surface area contributed by atoms with Crippen molar-refractivity contribution in [3.63, 3.8) is 0 Å². The van der Waals surface area contributed by atoms with Crippen LogP contribution in [0.3, 0.4) is 0 Å². The second kappa shape index (κ2) is 21.0. The third-order valence-corrected chi connectivity index (χ3v) is 9.90. The van der Waals surface area contributed by atoms with Crippen LogP contribution in [-0.4, -0.2) is 51.3 Å². The maximum Gasteiger partial charge on any atom is 0.256 e.